The van der Waals surface area contributed by atoms with Gasteiger partial charge in [-0.2, -0.15) is 0 Å². The number of hydrogen-bond donors (Lipinski definition) is 0. The van der Waals surface area contributed by atoms with E-state index in [0.29, 0.717) is 5.56 Å². The van der Waals surface area contributed by atoms with Crippen LogP contribution < -0.4 is 4.90 Å². The Bertz CT molecular complexity index is 2190. The Labute approximate surface area is 260 Å². The van der Waals surface area contributed by atoms with Gasteiger partial charge in [0.2, 0.25) is 0 Å². The summed E-state index contributed by atoms with van der Waals surface area (Å²) in [5.74, 6) is -0.791. The largest absolute Gasteiger partial charge is 0.310 e. The van der Waals surface area contributed by atoms with Crippen molar-refractivity contribution < 1.29 is 8.78 Å². The average Bonchev–Trinajstić information content (AvgIpc) is 3.09. The van der Waals surface area contributed by atoms with Crippen LogP contribution >= 0.6 is 0 Å². The number of rotatable bonds is 6. The van der Waals surface area contributed by atoms with Gasteiger partial charge in [-0.15, -0.1) is 0 Å². The Hall–Kier alpha value is -6.05. The van der Waals surface area contributed by atoms with Crippen LogP contribution in [0.25, 0.3) is 49.0 Å². The van der Waals surface area contributed by atoms with Crippen LogP contribution in [0.2, 0.25) is 0 Å². The van der Waals surface area contributed by atoms with Crippen molar-refractivity contribution in [3.8, 4) is 33.4 Å². The standard InChI is InChI=1S/C41H26F2N2/c1-44-40-17-9-16-39(43)41(40)30-14-8-15-35(25-30)45(34-20-18-33(42)19-21-34)36-22-23-37-32(26-36)24-31(28-10-4-2-5-11-28)27-38(37)29-12-6-3-7-13-29/h2-27H. The average molecular weight is 585 g/mol. The number of nitrogens with zero attached hydrogens (tertiary/aromatic N) is 2. The maximum Gasteiger partial charge on any atom is 0.197 e. The van der Waals surface area contributed by atoms with E-state index in [9.17, 15) is 4.39 Å². The zero-order valence-corrected chi connectivity index (χ0v) is 24.2. The summed E-state index contributed by atoms with van der Waals surface area (Å²) >= 11 is 0. The molecule has 0 radical (unpaired) electrons. The lowest BCUT2D eigenvalue weighted by molar-refractivity contribution is 0.628. The van der Waals surface area contributed by atoms with Gasteiger partial charge in [0, 0.05) is 22.6 Å². The monoisotopic (exact) mass is 584 g/mol. The Morgan fingerprint density at radius 2 is 1.13 bits per heavy atom. The molecule has 0 unspecified atom stereocenters. The second-order valence-electron chi connectivity index (χ2n) is 10.8. The topological polar surface area (TPSA) is 7.60 Å². The number of fused-ring (bicyclic) bond motifs is 1. The van der Waals surface area contributed by atoms with Crippen LogP contribution in [0.4, 0.5) is 31.5 Å². The van der Waals surface area contributed by atoms with E-state index in [0.717, 1.165) is 50.1 Å². The van der Waals surface area contributed by atoms with Crippen molar-refractivity contribution in [1.82, 2.24) is 0 Å². The highest BCUT2D eigenvalue weighted by atomic mass is 19.1. The van der Waals surface area contributed by atoms with Gasteiger partial charge in [0.1, 0.15) is 11.6 Å². The molecule has 0 N–H and O–H groups in total. The van der Waals surface area contributed by atoms with Gasteiger partial charge < -0.3 is 4.90 Å². The molecule has 0 bridgehead atoms. The Balaban J connectivity index is 1.44. The molecular weight excluding hydrogens is 558 g/mol. The predicted octanol–water partition coefficient (Wildman–Crippen LogP) is 12.1. The van der Waals surface area contributed by atoms with E-state index >= 15 is 4.39 Å². The number of halogens is 2. The predicted molar refractivity (Wildman–Crippen MR) is 181 cm³/mol. The molecule has 7 aromatic rings. The summed E-state index contributed by atoms with van der Waals surface area (Å²) in [7, 11) is 0. The van der Waals surface area contributed by atoms with Gasteiger partial charge in [0.05, 0.1) is 6.57 Å². The molecule has 0 atom stereocenters. The zero-order valence-electron chi connectivity index (χ0n) is 24.2. The minimum atomic E-state index is -0.457. The van der Waals surface area contributed by atoms with Crippen LogP contribution in [0.3, 0.4) is 0 Å². The molecule has 0 aliphatic rings. The van der Waals surface area contributed by atoms with Crippen molar-refractivity contribution in [3.05, 3.63) is 181 Å². The van der Waals surface area contributed by atoms with E-state index in [-0.39, 0.29) is 17.1 Å². The van der Waals surface area contributed by atoms with Crippen LogP contribution in [0.5, 0.6) is 0 Å². The summed E-state index contributed by atoms with van der Waals surface area (Å²) in [4.78, 5) is 5.59. The molecule has 0 saturated carbocycles. The second-order valence-corrected chi connectivity index (χ2v) is 10.8. The highest BCUT2D eigenvalue weighted by Gasteiger charge is 2.18. The summed E-state index contributed by atoms with van der Waals surface area (Å²) in [6.07, 6.45) is 0. The minimum absolute atomic E-state index is 0.244. The third-order valence-corrected chi connectivity index (χ3v) is 7.98. The fraction of sp³-hybridized carbons (Fsp3) is 0. The first-order valence-corrected chi connectivity index (χ1v) is 14.6. The molecule has 0 heterocycles. The van der Waals surface area contributed by atoms with Crippen LogP contribution in [0, 0.1) is 18.2 Å². The quantitative estimate of drug-likeness (QED) is 0.176. The van der Waals surface area contributed by atoms with E-state index in [4.69, 9.17) is 6.57 Å². The number of anilines is 3. The molecular formula is C41H26F2N2. The molecule has 0 spiro atoms. The van der Waals surface area contributed by atoms with Crippen molar-refractivity contribution >= 4 is 33.5 Å². The molecule has 7 rings (SSSR count). The van der Waals surface area contributed by atoms with E-state index in [2.05, 4.69) is 59.4 Å². The SMILES string of the molecule is [C-]#[N+]c1cccc(F)c1-c1cccc(N(c2ccc(F)cc2)c2ccc3c(-c4ccccc4)cc(-c4ccccc4)cc3c2)c1. The maximum atomic E-state index is 15.1. The molecule has 214 valence electrons. The summed E-state index contributed by atoms with van der Waals surface area (Å²) in [5, 5.41) is 2.14. The highest BCUT2D eigenvalue weighted by molar-refractivity contribution is 6.02. The number of hydrogen-bond acceptors (Lipinski definition) is 1. The van der Waals surface area contributed by atoms with E-state index < -0.39 is 5.82 Å². The lowest BCUT2D eigenvalue weighted by atomic mass is 9.92. The van der Waals surface area contributed by atoms with E-state index in [1.807, 2.05) is 59.5 Å². The van der Waals surface area contributed by atoms with Crippen LogP contribution in [-0.4, -0.2) is 0 Å². The molecule has 7 aromatic carbocycles. The van der Waals surface area contributed by atoms with Gasteiger partial charge in [-0.25, -0.2) is 13.6 Å². The molecule has 4 heteroatoms. The van der Waals surface area contributed by atoms with Crippen molar-refractivity contribution in [3.63, 3.8) is 0 Å². The first kappa shape index (κ1) is 27.8. The molecule has 45 heavy (non-hydrogen) atoms. The summed E-state index contributed by atoms with van der Waals surface area (Å²) < 4.78 is 29.2. The lowest BCUT2D eigenvalue weighted by Crippen LogP contribution is -2.10. The van der Waals surface area contributed by atoms with E-state index in [1.165, 1.54) is 18.2 Å². The van der Waals surface area contributed by atoms with Gasteiger partial charge in [-0.3, -0.25) is 0 Å². The van der Waals surface area contributed by atoms with E-state index in [1.54, 1.807) is 30.3 Å². The summed E-state index contributed by atoms with van der Waals surface area (Å²) in [6, 6.07) is 49.7. The molecule has 0 amide bonds. The van der Waals surface area contributed by atoms with Crippen LogP contribution in [-0.2, 0) is 0 Å². The van der Waals surface area contributed by atoms with Crippen molar-refractivity contribution in [2.75, 3.05) is 4.90 Å². The van der Waals surface area contributed by atoms with Crippen molar-refractivity contribution in [2.45, 2.75) is 0 Å². The number of benzene rings is 7. The van der Waals surface area contributed by atoms with Crippen molar-refractivity contribution in [1.29, 1.82) is 0 Å². The van der Waals surface area contributed by atoms with Gasteiger partial charge in [-0.05, 0) is 105 Å². The first-order valence-electron chi connectivity index (χ1n) is 14.6. The normalized spacial score (nSPS) is 10.9. The highest BCUT2D eigenvalue weighted by Crippen LogP contribution is 2.42. The lowest BCUT2D eigenvalue weighted by Gasteiger charge is -2.27. The van der Waals surface area contributed by atoms with Gasteiger partial charge in [0.15, 0.2) is 5.69 Å². The van der Waals surface area contributed by atoms with Crippen LogP contribution in [0.1, 0.15) is 0 Å². The summed E-state index contributed by atoms with van der Waals surface area (Å²) in [5.41, 5.74) is 7.90. The molecule has 0 fully saturated rings. The fourth-order valence-corrected chi connectivity index (χ4v) is 5.88. The summed E-state index contributed by atoms with van der Waals surface area (Å²) in [6.45, 7) is 7.61. The smallest absolute Gasteiger partial charge is 0.197 e. The molecule has 2 nitrogen and oxygen atoms in total. The molecule has 0 saturated heterocycles. The second kappa shape index (κ2) is 11.9. The molecule has 0 aliphatic heterocycles. The maximum absolute atomic E-state index is 15.1. The third-order valence-electron chi connectivity index (χ3n) is 7.98. The Morgan fingerprint density at radius 3 is 1.87 bits per heavy atom. The first-order chi connectivity index (χ1) is 22.1. The van der Waals surface area contributed by atoms with Crippen molar-refractivity contribution in [2.24, 2.45) is 0 Å². The van der Waals surface area contributed by atoms with Gasteiger partial charge in [0.25, 0.3) is 0 Å². The molecule has 0 aromatic heterocycles. The van der Waals surface area contributed by atoms with Crippen LogP contribution in [0.15, 0.2) is 158 Å². The Kier molecular flexibility index (Phi) is 7.35. The fourth-order valence-electron chi connectivity index (χ4n) is 5.88. The Morgan fingerprint density at radius 1 is 0.489 bits per heavy atom. The third kappa shape index (κ3) is 5.44. The minimum Gasteiger partial charge on any atom is -0.310 e. The molecule has 0 aliphatic carbocycles. The van der Waals surface area contributed by atoms with Gasteiger partial charge >= 0.3 is 0 Å². The zero-order chi connectivity index (χ0) is 30.8. The van der Waals surface area contributed by atoms with Gasteiger partial charge in [-0.1, -0.05) is 91.0 Å².